The molecule has 92 valence electrons. The summed E-state index contributed by atoms with van der Waals surface area (Å²) in [4.78, 5) is 11.7. The minimum atomic E-state index is 0.0417. The Bertz CT molecular complexity index is 242. The first-order valence-corrected chi connectivity index (χ1v) is 6.72. The van der Waals surface area contributed by atoms with Crippen LogP contribution in [0.25, 0.3) is 0 Å². The van der Waals surface area contributed by atoms with Crippen molar-refractivity contribution in [3.8, 4) is 0 Å². The van der Waals surface area contributed by atoms with E-state index in [1.165, 1.54) is 38.5 Å². The maximum atomic E-state index is 11.7. The maximum Gasteiger partial charge on any atom is 0.315 e. The molecule has 0 aromatic heterocycles. The Hall–Kier alpha value is -0.730. The molecule has 2 aliphatic carbocycles. The summed E-state index contributed by atoms with van der Waals surface area (Å²) in [5.74, 6) is 0. The van der Waals surface area contributed by atoms with Crippen LogP contribution < -0.4 is 10.6 Å². The molecule has 0 spiro atoms. The summed E-state index contributed by atoms with van der Waals surface area (Å²) in [6, 6.07) is 0.461. The standard InChI is InChI=1S/C13H24N2O/c1-13(8-5-9-13)10-14-12(16)15-11-6-3-2-4-7-11/h11H,2-10H2,1H3,(H2,14,15,16). The SMILES string of the molecule is CC1(CNC(=O)NC2CCCCC2)CCC1. The van der Waals surface area contributed by atoms with Gasteiger partial charge in [0.05, 0.1) is 0 Å². The summed E-state index contributed by atoms with van der Waals surface area (Å²) >= 11 is 0. The van der Waals surface area contributed by atoms with Crippen molar-refractivity contribution in [1.29, 1.82) is 0 Å². The second-order valence-corrected chi connectivity index (χ2v) is 5.83. The van der Waals surface area contributed by atoms with E-state index in [1.807, 2.05) is 0 Å². The Morgan fingerprint density at radius 2 is 1.88 bits per heavy atom. The van der Waals surface area contributed by atoms with E-state index >= 15 is 0 Å². The predicted molar refractivity (Wildman–Crippen MR) is 65.4 cm³/mol. The van der Waals surface area contributed by atoms with Crippen LogP contribution in [-0.2, 0) is 0 Å². The smallest absolute Gasteiger partial charge is 0.315 e. The summed E-state index contributed by atoms with van der Waals surface area (Å²) in [5, 5.41) is 6.11. The van der Waals surface area contributed by atoms with Crippen molar-refractivity contribution in [2.75, 3.05) is 6.54 Å². The van der Waals surface area contributed by atoms with Gasteiger partial charge in [-0.15, -0.1) is 0 Å². The van der Waals surface area contributed by atoms with Crippen LogP contribution in [0.1, 0.15) is 58.3 Å². The highest BCUT2D eigenvalue weighted by Crippen LogP contribution is 2.39. The summed E-state index contributed by atoms with van der Waals surface area (Å²) in [6.45, 7) is 3.10. The van der Waals surface area contributed by atoms with Crippen molar-refractivity contribution in [2.24, 2.45) is 5.41 Å². The first-order chi connectivity index (χ1) is 7.68. The summed E-state index contributed by atoms with van der Waals surface area (Å²) in [7, 11) is 0. The monoisotopic (exact) mass is 224 g/mol. The molecule has 0 saturated heterocycles. The second-order valence-electron chi connectivity index (χ2n) is 5.83. The van der Waals surface area contributed by atoms with Gasteiger partial charge < -0.3 is 10.6 Å². The minimum Gasteiger partial charge on any atom is -0.338 e. The molecule has 2 aliphatic rings. The minimum absolute atomic E-state index is 0.0417. The molecule has 2 saturated carbocycles. The highest BCUT2D eigenvalue weighted by atomic mass is 16.2. The molecule has 3 heteroatoms. The lowest BCUT2D eigenvalue weighted by Gasteiger charge is -2.38. The van der Waals surface area contributed by atoms with E-state index < -0.39 is 0 Å². The Labute approximate surface area is 98.4 Å². The van der Waals surface area contributed by atoms with Gasteiger partial charge in [0.1, 0.15) is 0 Å². The average molecular weight is 224 g/mol. The first-order valence-electron chi connectivity index (χ1n) is 6.72. The van der Waals surface area contributed by atoms with Crippen molar-refractivity contribution in [3.05, 3.63) is 0 Å². The number of amides is 2. The molecular weight excluding hydrogens is 200 g/mol. The second kappa shape index (κ2) is 5.07. The van der Waals surface area contributed by atoms with E-state index in [-0.39, 0.29) is 6.03 Å². The van der Waals surface area contributed by atoms with Gasteiger partial charge in [0, 0.05) is 12.6 Å². The van der Waals surface area contributed by atoms with Gasteiger partial charge in [-0.3, -0.25) is 0 Å². The van der Waals surface area contributed by atoms with Crippen LogP contribution in [-0.4, -0.2) is 18.6 Å². The normalized spacial score (nSPS) is 24.6. The third kappa shape index (κ3) is 3.13. The predicted octanol–water partition coefficient (Wildman–Crippen LogP) is 2.81. The fraction of sp³-hybridized carbons (Fsp3) is 0.923. The van der Waals surface area contributed by atoms with Gasteiger partial charge >= 0.3 is 6.03 Å². The van der Waals surface area contributed by atoms with Gasteiger partial charge in [-0.25, -0.2) is 4.79 Å². The summed E-state index contributed by atoms with van der Waals surface area (Å²) in [6.07, 6.45) is 10.0. The van der Waals surface area contributed by atoms with Gasteiger partial charge in [-0.1, -0.05) is 32.6 Å². The molecule has 0 aromatic carbocycles. The lowest BCUT2D eigenvalue weighted by atomic mass is 9.70. The zero-order valence-corrected chi connectivity index (χ0v) is 10.3. The van der Waals surface area contributed by atoms with Gasteiger partial charge in [0.15, 0.2) is 0 Å². The van der Waals surface area contributed by atoms with Crippen LogP contribution in [0.5, 0.6) is 0 Å². The molecule has 0 radical (unpaired) electrons. The van der Waals surface area contributed by atoms with E-state index in [0.717, 1.165) is 19.4 Å². The van der Waals surface area contributed by atoms with Gasteiger partial charge in [0.2, 0.25) is 0 Å². The number of carbonyl (C=O) groups excluding carboxylic acids is 1. The first kappa shape index (κ1) is 11.7. The van der Waals surface area contributed by atoms with Crippen molar-refractivity contribution in [1.82, 2.24) is 10.6 Å². The number of nitrogens with one attached hydrogen (secondary N) is 2. The molecule has 2 amide bonds. The van der Waals surface area contributed by atoms with Crippen molar-refractivity contribution >= 4 is 6.03 Å². The Morgan fingerprint density at radius 1 is 1.19 bits per heavy atom. The third-order valence-corrected chi connectivity index (χ3v) is 4.18. The van der Waals surface area contributed by atoms with Crippen LogP contribution in [0, 0.1) is 5.41 Å². The molecule has 2 N–H and O–H groups in total. The van der Waals surface area contributed by atoms with Crippen molar-refractivity contribution < 1.29 is 4.79 Å². The number of carbonyl (C=O) groups is 1. The van der Waals surface area contributed by atoms with Crippen LogP contribution in [0.2, 0.25) is 0 Å². The van der Waals surface area contributed by atoms with E-state index in [2.05, 4.69) is 17.6 Å². The van der Waals surface area contributed by atoms with Crippen LogP contribution >= 0.6 is 0 Å². The van der Waals surface area contributed by atoms with E-state index in [4.69, 9.17) is 0 Å². The summed E-state index contributed by atoms with van der Waals surface area (Å²) < 4.78 is 0. The number of hydrogen-bond donors (Lipinski definition) is 2. The molecule has 3 nitrogen and oxygen atoms in total. The molecule has 0 heterocycles. The fourth-order valence-corrected chi connectivity index (χ4v) is 2.73. The van der Waals surface area contributed by atoms with Gasteiger partial charge in [-0.05, 0) is 31.1 Å². The van der Waals surface area contributed by atoms with E-state index in [0.29, 0.717) is 11.5 Å². The molecule has 0 aliphatic heterocycles. The molecule has 0 atom stereocenters. The van der Waals surface area contributed by atoms with Gasteiger partial charge in [-0.2, -0.15) is 0 Å². The average Bonchev–Trinajstić information content (AvgIpc) is 2.25. The van der Waals surface area contributed by atoms with Gasteiger partial charge in [0.25, 0.3) is 0 Å². The zero-order chi connectivity index (χ0) is 11.4. The highest BCUT2D eigenvalue weighted by molar-refractivity contribution is 5.74. The molecule has 2 rings (SSSR count). The number of hydrogen-bond acceptors (Lipinski definition) is 1. The van der Waals surface area contributed by atoms with Crippen LogP contribution in [0.3, 0.4) is 0 Å². The lowest BCUT2D eigenvalue weighted by molar-refractivity contribution is 0.156. The number of rotatable bonds is 3. The Morgan fingerprint density at radius 3 is 2.44 bits per heavy atom. The molecule has 2 fully saturated rings. The number of urea groups is 1. The summed E-state index contributed by atoms with van der Waals surface area (Å²) in [5.41, 5.74) is 0.379. The van der Waals surface area contributed by atoms with E-state index in [1.54, 1.807) is 0 Å². The lowest BCUT2D eigenvalue weighted by Crippen LogP contribution is -2.47. The van der Waals surface area contributed by atoms with Crippen molar-refractivity contribution in [2.45, 2.75) is 64.3 Å². The topological polar surface area (TPSA) is 41.1 Å². The molecule has 0 aromatic rings. The fourth-order valence-electron chi connectivity index (χ4n) is 2.73. The molecule has 0 bridgehead atoms. The van der Waals surface area contributed by atoms with E-state index in [9.17, 15) is 4.79 Å². The maximum absolute atomic E-state index is 11.7. The Balaban J connectivity index is 1.63. The Kier molecular flexibility index (Phi) is 3.72. The van der Waals surface area contributed by atoms with Crippen LogP contribution in [0.4, 0.5) is 4.79 Å². The molecular formula is C13H24N2O. The zero-order valence-electron chi connectivity index (χ0n) is 10.3. The molecule has 16 heavy (non-hydrogen) atoms. The largest absolute Gasteiger partial charge is 0.338 e. The highest BCUT2D eigenvalue weighted by Gasteiger charge is 2.31. The van der Waals surface area contributed by atoms with Crippen molar-refractivity contribution in [3.63, 3.8) is 0 Å². The van der Waals surface area contributed by atoms with Crippen LogP contribution in [0.15, 0.2) is 0 Å². The third-order valence-electron chi connectivity index (χ3n) is 4.18. The molecule has 0 unspecified atom stereocenters. The quantitative estimate of drug-likeness (QED) is 0.760.